The van der Waals surface area contributed by atoms with Gasteiger partial charge in [-0.05, 0) is 52.0 Å². The lowest BCUT2D eigenvalue weighted by atomic mass is 10.2. The molecule has 1 aromatic heterocycles. The van der Waals surface area contributed by atoms with Gasteiger partial charge in [-0.3, -0.25) is 4.68 Å². The highest BCUT2D eigenvalue weighted by Gasteiger charge is 2.12. The Hall–Kier alpha value is -2.57. The first-order valence-electron chi connectivity index (χ1n) is 7.51. The second-order valence-corrected chi connectivity index (χ2v) is 6.36. The third-order valence-electron chi connectivity index (χ3n) is 2.84. The quantitative estimate of drug-likeness (QED) is 0.888. The van der Waals surface area contributed by atoms with E-state index < -0.39 is 0 Å². The monoisotopic (exact) mass is 317 g/mol. The van der Waals surface area contributed by atoms with Gasteiger partial charge in [-0.2, -0.15) is 5.10 Å². The van der Waals surface area contributed by atoms with Crippen LogP contribution in [0.3, 0.4) is 0 Å². The minimum absolute atomic E-state index is 0.0693. The third kappa shape index (κ3) is 5.98. The fourth-order valence-electron chi connectivity index (χ4n) is 2.00. The molecule has 0 aliphatic heterocycles. The number of anilines is 1. The zero-order valence-corrected chi connectivity index (χ0v) is 13.9. The standard InChI is InChI=1S/C16H23N5O2/c1-12(9-21-11-17-10-18-21)19-15(22)20-13-5-7-14(8-6-13)23-16(2,3)4/h5-8,10-12H,9H2,1-4H3,(H2,19,20,22). The topological polar surface area (TPSA) is 81.1 Å². The Morgan fingerprint density at radius 3 is 2.57 bits per heavy atom. The summed E-state index contributed by atoms with van der Waals surface area (Å²) in [4.78, 5) is 15.8. The van der Waals surface area contributed by atoms with E-state index in [0.717, 1.165) is 5.75 Å². The Bertz CT molecular complexity index is 617. The van der Waals surface area contributed by atoms with Crippen LogP contribution in [0, 0.1) is 0 Å². The van der Waals surface area contributed by atoms with Gasteiger partial charge in [0.15, 0.2) is 0 Å². The average molecular weight is 317 g/mol. The predicted molar refractivity (Wildman–Crippen MR) is 88.5 cm³/mol. The summed E-state index contributed by atoms with van der Waals surface area (Å²) >= 11 is 0. The molecule has 0 saturated carbocycles. The fraction of sp³-hybridized carbons (Fsp3) is 0.438. The SMILES string of the molecule is CC(Cn1cncn1)NC(=O)Nc1ccc(OC(C)(C)C)cc1. The van der Waals surface area contributed by atoms with E-state index in [1.54, 1.807) is 11.0 Å². The highest BCUT2D eigenvalue weighted by atomic mass is 16.5. The van der Waals surface area contributed by atoms with Crippen molar-refractivity contribution in [3.05, 3.63) is 36.9 Å². The second kappa shape index (κ2) is 7.13. The number of hydrogen-bond donors (Lipinski definition) is 2. The maximum atomic E-state index is 12.0. The molecule has 2 N–H and O–H groups in total. The van der Waals surface area contributed by atoms with Crippen molar-refractivity contribution in [3.8, 4) is 5.75 Å². The van der Waals surface area contributed by atoms with E-state index in [-0.39, 0.29) is 17.7 Å². The molecule has 1 unspecified atom stereocenters. The molecule has 1 aromatic carbocycles. The molecular weight excluding hydrogens is 294 g/mol. The van der Waals surface area contributed by atoms with Crippen LogP contribution in [0.25, 0.3) is 0 Å². The molecule has 0 bridgehead atoms. The van der Waals surface area contributed by atoms with Gasteiger partial charge in [0.05, 0.1) is 6.54 Å². The Labute approximate surface area is 136 Å². The summed E-state index contributed by atoms with van der Waals surface area (Å²) in [5.74, 6) is 0.767. The zero-order chi connectivity index (χ0) is 16.9. The van der Waals surface area contributed by atoms with Crippen molar-refractivity contribution in [2.45, 2.75) is 45.9 Å². The van der Waals surface area contributed by atoms with Gasteiger partial charge in [0.2, 0.25) is 0 Å². The summed E-state index contributed by atoms with van der Waals surface area (Å²) in [7, 11) is 0. The summed E-state index contributed by atoms with van der Waals surface area (Å²) in [6, 6.07) is 6.95. The van der Waals surface area contributed by atoms with Crippen LogP contribution in [0.1, 0.15) is 27.7 Å². The summed E-state index contributed by atoms with van der Waals surface area (Å²) < 4.78 is 7.41. The van der Waals surface area contributed by atoms with E-state index in [9.17, 15) is 4.79 Å². The number of carbonyl (C=O) groups excluding carboxylic acids is 1. The number of carbonyl (C=O) groups is 1. The number of urea groups is 1. The van der Waals surface area contributed by atoms with Crippen LogP contribution in [0.15, 0.2) is 36.9 Å². The number of benzene rings is 1. The van der Waals surface area contributed by atoms with Crippen molar-refractivity contribution in [3.63, 3.8) is 0 Å². The molecule has 0 aliphatic rings. The number of hydrogen-bond acceptors (Lipinski definition) is 4. The van der Waals surface area contributed by atoms with Crippen LogP contribution in [-0.4, -0.2) is 32.4 Å². The van der Waals surface area contributed by atoms with Crippen LogP contribution >= 0.6 is 0 Å². The molecular formula is C16H23N5O2. The average Bonchev–Trinajstić information content (AvgIpc) is 2.91. The zero-order valence-electron chi connectivity index (χ0n) is 13.9. The van der Waals surface area contributed by atoms with Crippen LogP contribution in [0.5, 0.6) is 5.75 Å². The number of aromatic nitrogens is 3. The van der Waals surface area contributed by atoms with Crippen LogP contribution in [-0.2, 0) is 6.54 Å². The van der Waals surface area contributed by atoms with E-state index >= 15 is 0 Å². The fourth-order valence-corrected chi connectivity index (χ4v) is 2.00. The van der Waals surface area contributed by atoms with Crippen LogP contribution in [0.2, 0.25) is 0 Å². The molecule has 124 valence electrons. The van der Waals surface area contributed by atoms with Crippen molar-refractivity contribution in [2.24, 2.45) is 0 Å². The molecule has 0 fully saturated rings. The van der Waals surface area contributed by atoms with Gasteiger partial charge in [0.25, 0.3) is 0 Å². The molecule has 2 amide bonds. The smallest absolute Gasteiger partial charge is 0.319 e. The van der Waals surface area contributed by atoms with Gasteiger partial charge in [0.1, 0.15) is 24.0 Å². The van der Waals surface area contributed by atoms with Gasteiger partial charge in [-0.25, -0.2) is 9.78 Å². The molecule has 0 aliphatic carbocycles. The lowest BCUT2D eigenvalue weighted by Gasteiger charge is -2.21. The summed E-state index contributed by atoms with van der Waals surface area (Å²) in [6.45, 7) is 8.43. The molecule has 0 radical (unpaired) electrons. The van der Waals surface area contributed by atoms with Crippen molar-refractivity contribution >= 4 is 11.7 Å². The Kier molecular flexibility index (Phi) is 5.20. The van der Waals surface area contributed by atoms with Crippen LogP contribution < -0.4 is 15.4 Å². The summed E-state index contributed by atoms with van der Waals surface area (Å²) in [6.07, 6.45) is 3.08. The van der Waals surface area contributed by atoms with E-state index in [2.05, 4.69) is 20.7 Å². The van der Waals surface area contributed by atoms with E-state index in [0.29, 0.717) is 12.2 Å². The highest BCUT2D eigenvalue weighted by Crippen LogP contribution is 2.20. The van der Waals surface area contributed by atoms with Crippen molar-refractivity contribution in [2.75, 3.05) is 5.32 Å². The van der Waals surface area contributed by atoms with Crippen molar-refractivity contribution in [1.29, 1.82) is 0 Å². The molecule has 1 heterocycles. The minimum atomic E-state index is -0.262. The Morgan fingerprint density at radius 1 is 1.30 bits per heavy atom. The van der Waals surface area contributed by atoms with Gasteiger partial charge in [-0.15, -0.1) is 0 Å². The maximum Gasteiger partial charge on any atom is 0.319 e. The van der Waals surface area contributed by atoms with Crippen LogP contribution in [0.4, 0.5) is 10.5 Å². The molecule has 0 saturated heterocycles. The largest absolute Gasteiger partial charge is 0.488 e. The third-order valence-corrected chi connectivity index (χ3v) is 2.84. The van der Waals surface area contributed by atoms with Gasteiger partial charge in [-0.1, -0.05) is 0 Å². The maximum absolute atomic E-state index is 12.0. The number of rotatable bonds is 5. The van der Waals surface area contributed by atoms with Gasteiger partial charge >= 0.3 is 6.03 Å². The van der Waals surface area contributed by atoms with Crippen molar-refractivity contribution in [1.82, 2.24) is 20.1 Å². The van der Waals surface area contributed by atoms with Gasteiger partial charge in [0, 0.05) is 11.7 Å². The number of nitrogens with zero attached hydrogens (tertiary/aromatic N) is 3. The lowest BCUT2D eigenvalue weighted by molar-refractivity contribution is 0.131. The first-order valence-corrected chi connectivity index (χ1v) is 7.51. The lowest BCUT2D eigenvalue weighted by Crippen LogP contribution is -2.38. The summed E-state index contributed by atoms with van der Waals surface area (Å²) in [5, 5.41) is 9.65. The minimum Gasteiger partial charge on any atom is -0.488 e. The normalized spacial score (nSPS) is 12.5. The molecule has 7 nitrogen and oxygen atoms in total. The molecule has 1 atom stereocenters. The number of amides is 2. The molecule has 0 spiro atoms. The first kappa shape index (κ1) is 16.8. The molecule has 2 rings (SSSR count). The second-order valence-electron chi connectivity index (χ2n) is 6.36. The molecule has 23 heavy (non-hydrogen) atoms. The van der Waals surface area contributed by atoms with Crippen molar-refractivity contribution < 1.29 is 9.53 Å². The number of nitrogens with one attached hydrogen (secondary N) is 2. The van der Waals surface area contributed by atoms with E-state index in [1.165, 1.54) is 6.33 Å². The van der Waals surface area contributed by atoms with E-state index in [4.69, 9.17) is 4.74 Å². The molecule has 2 aromatic rings. The Morgan fingerprint density at radius 2 is 2.00 bits per heavy atom. The summed E-state index contributed by atoms with van der Waals surface area (Å²) in [5.41, 5.74) is 0.458. The van der Waals surface area contributed by atoms with Gasteiger partial charge < -0.3 is 15.4 Å². The van der Waals surface area contributed by atoms with E-state index in [1.807, 2.05) is 52.0 Å². The molecule has 7 heteroatoms. The predicted octanol–water partition coefficient (Wildman–Crippen LogP) is 2.67. The first-order chi connectivity index (χ1) is 10.8. The Balaban J connectivity index is 1.82. The highest BCUT2D eigenvalue weighted by molar-refractivity contribution is 5.89. The number of ether oxygens (including phenoxy) is 1.